The summed E-state index contributed by atoms with van der Waals surface area (Å²) in [6.45, 7) is 9.43. The molecule has 120 valence electrons. The zero-order valence-corrected chi connectivity index (χ0v) is 13.3. The molecule has 0 spiro atoms. The lowest BCUT2D eigenvalue weighted by Crippen LogP contribution is -2.43. The highest BCUT2D eigenvalue weighted by molar-refractivity contribution is 6.02. The van der Waals surface area contributed by atoms with E-state index in [1.54, 1.807) is 4.90 Å². The summed E-state index contributed by atoms with van der Waals surface area (Å²) < 4.78 is 0. The van der Waals surface area contributed by atoms with Gasteiger partial charge in [0.25, 0.3) is 5.91 Å². The fraction of sp³-hybridized carbons (Fsp3) is 0.667. The van der Waals surface area contributed by atoms with Crippen molar-refractivity contribution in [1.82, 2.24) is 10.2 Å². The molecule has 0 saturated heterocycles. The van der Waals surface area contributed by atoms with Gasteiger partial charge in [0, 0.05) is 25.2 Å². The molecule has 3 amide bonds. The van der Waals surface area contributed by atoms with Crippen molar-refractivity contribution in [2.45, 2.75) is 40.5 Å². The molecule has 0 aliphatic heterocycles. The molecule has 0 radical (unpaired) electrons. The highest BCUT2D eigenvalue weighted by atomic mass is 16.4. The van der Waals surface area contributed by atoms with Crippen LogP contribution in [0.5, 0.6) is 0 Å². The van der Waals surface area contributed by atoms with E-state index < -0.39 is 17.9 Å². The number of nitrogens with one attached hydrogen (secondary N) is 1. The molecule has 0 saturated carbocycles. The predicted octanol–water partition coefficient (Wildman–Crippen LogP) is 2.26. The standard InChI is InChI=1S/C15H26N2O4/c1-11(2)7-9-17(10-8-12(3)4)15(21)16-13(18)5-6-14(19)20/h5-6,11-12H,7-10H2,1-4H3,(H,19,20)(H,16,18,21)/b6-5+. The van der Waals surface area contributed by atoms with Crippen molar-refractivity contribution >= 4 is 17.9 Å². The van der Waals surface area contributed by atoms with Crippen LogP contribution in [0.15, 0.2) is 12.2 Å². The Kier molecular flexibility index (Phi) is 9.08. The van der Waals surface area contributed by atoms with E-state index in [0.29, 0.717) is 31.0 Å². The van der Waals surface area contributed by atoms with Crippen LogP contribution >= 0.6 is 0 Å². The van der Waals surface area contributed by atoms with Gasteiger partial charge in [0.05, 0.1) is 0 Å². The minimum absolute atomic E-state index is 0.460. The quantitative estimate of drug-likeness (QED) is 0.673. The van der Waals surface area contributed by atoms with Crippen LogP contribution < -0.4 is 5.32 Å². The van der Waals surface area contributed by atoms with Gasteiger partial charge in [-0.1, -0.05) is 27.7 Å². The second-order valence-electron chi connectivity index (χ2n) is 5.82. The van der Waals surface area contributed by atoms with Gasteiger partial charge >= 0.3 is 12.0 Å². The average molecular weight is 298 g/mol. The zero-order valence-electron chi connectivity index (χ0n) is 13.3. The van der Waals surface area contributed by atoms with Gasteiger partial charge in [0.2, 0.25) is 0 Å². The molecular formula is C15H26N2O4. The van der Waals surface area contributed by atoms with E-state index in [4.69, 9.17) is 5.11 Å². The summed E-state index contributed by atoms with van der Waals surface area (Å²) in [5.74, 6) is -1.03. The van der Waals surface area contributed by atoms with Crippen molar-refractivity contribution in [2.75, 3.05) is 13.1 Å². The topological polar surface area (TPSA) is 86.7 Å². The minimum atomic E-state index is -1.23. The minimum Gasteiger partial charge on any atom is -0.478 e. The Morgan fingerprint density at radius 2 is 1.48 bits per heavy atom. The van der Waals surface area contributed by atoms with Crippen LogP contribution in [0.1, 0.15) is 40.5 Å². The first-order chi connectivity index (χ1) is 9.72. The van der Waals surface area contributed by atoms with E-state index in [2.05, 4.69) is 33.0 Å². The van der Waals surface area contributed by atoms with Crippen LogP contribution in [0.3, 0.4) is 0 Å². The number of aliphatic carboxylic acids is 1. The highest BCUT2D eigenvalue weighted by Gasteiger charge is 2.16. The zero-order chi connectivity index (χ0) is 16.4. The molecule has 0 aromatic rings. The van der Waals surface area contributed by atoms with Gasteiger partial charge in [-0.05, 0) is 24.7 Å². The molecule has 0 aliphatic rings. The normalized spacial score (nSPS) is 11.1. The van der Waals surface area contributed by atoms with Crippen molar-refractivity contribution in [3.05, 3.63) is 12.2 Å². The fourth-order valence-electron chi connectivity index (χ4n) is 1.52. The first-order valence-corrected chi connectivity index (χ1v) is 7.23. The monoisotopic (exact) mass is 298 g/mol. The number of urea groups is 1. The van der Waals surface area contributed by atoms with Gasteiger partial charge in [0.15, 0.2) is 0 Å². The number of rotatable bonds is 8. The number of hydrogen-bond donors (Lipinski definition) is 2. The summed E-state index contributed by atoms with van der Waals surface area (Å²) >= 11 is 0. The first kappa shape index (κ1) is 19.1. The maximum Gasteiger partial charge on any atom is 0.328 e. The predicted molar refractivity (Wildman–Crippen MR) is 80.8 cm³/mol. The van der Waals surface area contributed by atoms with Crippen LogP contribution in [0.4, 0.5) is 4.79 Å². The van der Waals surface area contributed by atoms with Gasteiger partial charge in [-0.15, -0.1) is 0 Å². The van der Waals surface area contributed by atoms with Crippen molar-refractivity contribution in [3.63, 3.8) is 0 Å². The Labute approximate surface area is 126 Å². The van der Waals surface area contributed by atoms with Crippen molar-refractivity contribution < 1.29 is 19.5 Å². The van der Waals surface area contributed by atoms with Gasteiger partial charge in [-0.3, -0.25) is 10.1 Å². The summed E-state index contributed by atoms with van der Waals surface area (Å²) in [6, 6.07) is -0.476. The van der Waals surface area contributed by atoms with Crippen LogP contribution in [-0.4, -0.2) is 41.0 Å². The SMILES string of the molecule is CC(C)CCN(CCC(C)C)C(=O)NC(=O)/C=C/C(=O)O. The number of nitrogens with zero attached hydrogens (tertiary/aromatic N) is 1. The third-order valence-corrected chi connectivity index (χ3v) is 2.85. The summed E-state index contributed by atoms with van der Waals surface area (Å²) in [7, 11) is 0. The molecular weight excluding hydrogens is 272 g/mol. The lowest BCUT2D eigenvalue weighted by Gasteiger charge is -2.24. The second kappa shape index (κ2) is 9.96. The van der Waals surface area contributed by atoms with Gasteiger partial charge in [-0.25, -0.2) is 9.59 Å². The van der Waals surface area contributed by atoms with E-state index in [-0.39, 0.29) is 0 Å². The molecule has 0 unspecified atom stereocenters. The van der Waals surface area contributed by atoms with E-state index in [0.717, 1.165) is 18.9 Å². The number of hydrogen-bond acceptors (Lipinski definition) is 3. The van der Waals surface area contributed by atoms with Crippen LogP contribution in [0, 0.1) is 11.8 Å². The number of carbonyl (C=O) groups excluding carboxylic acids is 2. The summed E-state index contributed by atoms with van der Waals surface area (Å²) in [5, 5.41) is 10.6. The van der Waals surface area contributed by atoms with Crippen molar-refractivity contribution in [3.8, 4) is 0 Å². The molecule has 0 aromatic heterocycles. The van der Waals surface area contributed by atoms with E-state index in [1.807, 2.05) is 0 Å². The molecule has 0 atom stereocenters. The van der Waals surface area contributed by atoms with E-state index in [1.165, 1.54) is 0 Å². The first-order valence-electron chi connectivity index (χ1n) is 7.23. The van der Waals surface area contributed by atoms with Crippen LogP contribution in [-0.2, 0) is 9.59 Å². The molecule has 0 bridgehead atoms. The van der Waals surface area contributed by atoms with Crippen molar-refractivity contribution in [1.29, 1.82) is 0 Å². The van der Waals surface area contributed by atoms with Crippen molar-refractivity contribution in [2.24, 2.45) is 11.8 Å². The molecule has 21 heavy (non-hydrogen) atoms. The molecule has 0 rings (SSSR count). The molecule has 6 heteroatoms. The Balaban J connectivity index is 4.54. The Morgan fingerprint density at radius 3 is 1.86 bits per heavy atom. The Morgan fingerprint density at radius 1 is 1.00 bits per heavy atom. The lowest BCUT2D eigenvalue weighted by atomic mass is 10.1. The lowest BCUT2D eigenvalue weighted by molar-refractivity contribution is -0.131. The molecule has 0 aromatic carbocycles. The molecule has 0 aliphatic carbocycles. The highest BCUT2D eigenvalue weighted by Crippen LogP contribution is 2.06. The van der Waals surface area contributed by atoms with Crippen LogP contribution in [0.2, 0.25) is 0 Å². The summed E-state index contributed by atoms with van der Waals surface area (Å²) in [4.78, 5) is 35.4. The number of carbonyl (C=O) groups is 3. The van der Waals surface area contributed by atoms with Crippen LogP contribution in [0.25, 0.3) is 0 Å². The molecule has 0 fully saturated rings. The summed E-state index contributed by atoms with van der Waals surface area (Å²) in [6.07, 6.45) is 3.24. The third-order valence-electron chi connectivity index (χ3n) is 2.85. The largest absolute Gasteiger partial charge is 0.478 e. The third kappa shape index (κ3) is 10.6. The molecule has 0 heterocycles. The van der Waals surface area contributed by atoms with Gasteiger partial charge < -0.3 is 10.0 Å². The number of carboxylic acid groups (broad SMARTS) is 1. The molecule has 2 N–H and O–H groups in total. The summed E-state index contributed by atoms with van der Waals surface area (Å²) in [5.41, 5.74) is 0. The number of imide groups is 1. The Hall–Kier alpha value is -1.85. The van der Waals surface area contributed by atoms with Gasteiger partial charge in [0.1, 0.15) is 0 Å². The van der Waals surface area contributed by atoms with E-state index in [9.17, 15) is 14.4 Å². The smallest absolute Gasteiger partial charge is 0.328 e. The van der Waals surface area contributed by atoms with E-state index >= 15 is 0 Å². The number of amides is 3. The Bertz CT molecular complexity index is 377. The second-order valence-corrected chi connectivity index (χ2v) is 5.82. The average Bonchev–Trinajstić information content (AvgIpc) is 2.35. The number of carboxylic acids is 1. The molecule has 6 nitrogen and oxygen atoms in total. The van der Waals surface area contributed by atoms with Gasteiger partial charge in [-0.2, -0.15) is 0 Å². The fourth-order valence-corrected chi connectivity index (χ4v) is 1.52. The maximum absolute atomic E-state index is 12.0. The maximum atomic E-state index is 12.0.